The van der Waals surface area contributed by atoms with Crippen LogP contribution in [0.25, 0.3) is 0 Å². The van der Waals surface area contributed by atoms with Crippen LogP contribution in [0.2, 0.25) is 0 Å². The summed E-state index contributed by atoms with van der Waals surface area (Å²) in [5.41, 5.74) is 0. The van der Waals surface area contributed by atoms with Gasteiger partial charge in [-0.25, -0.2) is 0 Å². The molecule has 0 rings (SSSR count). The van der Waals surface area contributed by atoms with Crippen molar-refractivity contribution in [3.63, 3.8) is 0 Å². The van der Waals surface area contributed by atoms with Gasteiger partial charge in [0.1, 0.15) is 0 Å². The average Bonchev–Trinajstić information content (AvgIpc) is 1.96. The molecule has 0 unspecified atom stereocenters. The predicted molar refractivity (Wildman–Crippen MR) is 39.8 cm³/mol. The fraction of sp³-hybridized carbons (Fsp3) is 1.00. The smallest absolute Gasteiger partial charge is 0.0319 e. The molecular weight excluding hydrogens is 327 g/mol. The molecule has 78 valence electrons. The van der Waals surface area contributed by atoms with Crippen LogP contribution in [0.1, 0.15) is 20.8 Å². The summed E-state index contributed by atoms with van der Waals surface area (Å²) >= 11 is 0. The van der Waals surface area contributed by atoms with Crippen LogP contribution >= 0.6 is 0 Å². The second-order valence-electron chi connectivity index (χ2n) is 0.866. The zero-order valence-electron chi connectivity index (χ0n) is 8.29. The molecule has 0 bridgehead atoms. The molecule has 0 aliphatic heterocycles. The Hall–Kier alpha value is 0.710. The largest absolute Gasteiger partial charge is 0.855 e. The fourth-order valence-electron chi connectivity index (χ4n) is 0. The van der Waals surface area contributed by atoms with Crippen molar-refractivity contribution in [2.75, 3.05) is 26.9 Å². The van der Waals surface area contributed by atoms with Crippen LogP contribution in [0.4, 0.5) is 0 Å². The van der Waals surface area contributed by atoms with E-state index in [0.717, 1.165) is 7.11 Å². The van der Waals surface area contributed by atoms with Gasteiger partial charge in [-0.05, 0) is 0 Å². The zero-order chi connectivity index (χ0) is 10.1. The van der Waals surface area contributed by atoms with Gasteiger partial charge in [0, 0.05) is 33.0 Å². The minimum Gasteiger partial charge on any atom is -0.855 e. The predicted octanol–water partition coefficient (Wildman–Crippen LogP) is -2.29. The molecule has 0 aliphatic rings. The van der Waals surface area contributed by atoms with E-state index in [-0.39, 0.29) is 45.7 Å². The van der Waals surface area contributed by atoms with Crippen LogP contribution in [0.15, 0.2) is 0 Å². The molecule has 0 amide bonds. The van der Waals surface area contributed by atoms with E-state index in [1.807, 2.05) is 0 Å². The molecule has 0 aromatic rings. The topological polar surface area (TPSA) is 89.4 Å². The van der Waals surface area contributed by atoms with Crippen molar-refractivity contribution >= 4 is 0 Å². The van der Waals surface area contributed by atoms with Gasteiger partial charge in [-0.1, -0.05) is 20.8 Å². The van der Waals surface area contributed by atoms with Crippen LogP contribution in [0, 0.1) is 0 Å². The third kappa shape index (κ3) is 2000. The van der Waals surface area contributed by atoms with E-state index >= 15 is 0 Å². The number of rotatable bonds is 0. The summed E-state index contributed by atoms with van der Waals surface area (Å²) in [4.78, 5) is 0. The van der Waals surface area contributed by atoms with E-state index in [4.69, 9.17) is 20.4 Å². The standard InChI is InChI=1S/3C2H5O.CH4O.Hf/c3*1-2-3;1-2;/h3*2H2,1H3;2H,1H3;/q3*-1;;. The molecule has 0 saturated heterocycles. The summed E-state index contributed by atoms with van der Waals surface area (Å²) in [5, 5.41) is 33.8. The first-order chi connectivity index (χ1) is 5.24. The molecule has 0 spiro atoms. The maximum Gasteiger partial charge on any atom is 0.0319 e. The van der Waals surface area contributed by atoms with Gasteiger partial charge in [-0.2, -0.15) is 0 Å². The van der Waals surface area contributed by atoms with Gasteiger partial charge in [-0.15, -0.1) is 19.8 Å². The van der Waals surface area contributed by atoms with Crippen LogP contribution in [-0.2, 0) is 25.8 Å². The van der Waals surface area contributed by atoms with Gasteiger partial charge in [0.2, 0.25) is 0 Å². The second-order valence-corrected chi connectivity index (χ2v) is 0.866. The maximum atomic E-state index is 8.93. The van der Waals surface area contributed by atoms with E-state index in [2.05, 4.69) is 0 Å². The Morgan fingerprint density at radius 2 is 0.750 bits per heavy atom. The van der Waals surface area contributed by atoms with Crippen molar-refractivity contribution in [1.29, 1.82) is 0 Å². The molecule has 0 aromatic carbocycles. The summed E-state index contributed by atoms with van der Waals surface area (Å²) in [7, 11) is 1.00. The maximum absolute atomic E-state index is 8.93. The Bertz CT molecular complexity index is 20.1. The molecule has 0 radical (unpaired) electrons. The van der Waals surface area contributed by atoms with Crippen molar-refractivity contribution in [2.45, 2.75) is 20.8 Å². The Kier molecular flexibility index (Phi) is 238. The van der Waals surface area contributed by atoms with Crippen LogP contribution in [0.3, 0.4) is 0 Å². The van der Waals surface area contributed by atoms with Crippen molar-refractivity contribution in [2.24, 2.45) is 0 Å². The van der Waals surface area contributed by atoms with Crippen molar-refractivity contribution in [1.82, 2.24) is 0 Å². The van der Waals surface area contributed by atoms with Crippen molar-refractivity contribution < 1.29 is 46.3 Å². The first-order valence-corrected chi connectivity index (χ1v) is 3.43. The first kappa shape index (κ1) is 29.3. The molecule has 1 N–H and O–H groups in total. The normalized spacial score (nSPS) is 5.00. The van der Waals surface area contributed by atoms with Crippen LogP contribution in [-0.4, -0.2) is 32.0 Å². The molecule has 0 atom stereocenters. The number of hydrogen-bond donors (Lipinski definition) is 1. The number of aliphatic hydroxyl groups is 1. The summed E-state index contributed by atoms with van der Waals surface area (Å²) in [5.74, 6) is 0. The third-order valence-corrected chi connectivity index (χ3v) is 0. The second kappa shape index (κ2) is 97.6. The summed E-state index contributed by atoms with van der Waals surface area (Å²) in [6.07, 6.45) is 0. The summed E-state index contributed by atoms with van der Waals surface area (Å²) < 4.78 is 0. The fourth-order valence-corrected chi connectivity index (χ4v) is 0. The summed E-state index contributed by atoms with van der Waals surface area (Å²) in [6.45, 7) is 4.71. The molecule has 5 heteroatoms. The van der Waals surface area contributed by atoms with Crippen molar-refractivity contribution in [3.8, 4) is 0 Å². The average molecular weight is 346 g/mol. The van der Waals surface area contributed by atoms with Crippen LogP contribution < -0.4 is 15.3 Å². The van der Waals surface area contributed by atoms with E-state index in [1.54, 1.807) is 20.8 Å². The zero-order valence-corrected chi connectivity index (χ0v) is 11.9. The quantitative estimate of drug-likeness (QED) is 0.500. The molecule has 0 saturated carbocycles. The molecule has 4 nitrogen and oxygen atoms in total. The minimum absolute atomic E-state index is 0. The minimum atomic E-state index is 0. The number of hydrogen-bond acceptors (Lipinski definition) is 4. The molecule has 0 aliphatic carbocycles. The van der Waals surface area contributed by atoms with Gasteiger partial charge in [-0.3, -0.25) is 0 Å². The summed E-state index contributed by atoms with van der Waals surface area (Å²) in [6, 6.07) is 0. The van der Waals surface area contributed by atoms with Gasteiger partial charge >= 0.3 is 0 Å². The Morgan fingerprint density at radius 1 is 0.750 bits per heavy atom. The monoisotopic (exact) mass is 347 g/mol. The molecular formula is C7H19HfO4-3. The third-order valence-electron chi connectivity index (χ3n) is 0. The molecule has 0 fully saturated rings. The molecule has 0 aromatic heterocycles. The van der Waals surface area contributed by atoms with Crippen molar-refractivity contribution in [3.05, 3.63) is 0 Å². The van der Waals surface area contributed by atoms with E-state index in [1.165, 1.54) is 0 Å². The van der Waals surface area contributed by atoms with E-state index in [0.29, 0.717) is 0 Å². The Labute approximate surface area is 94.0 Å². The van der Waals surface area contributed by atoms with E-state index < -0.39 is 0 Å². The van der Waals surface area contributed by atoms with Gasteiger partial charge in [0.15, 0.2) is 0 Å². The molecule has 12 heavy (non-hydrogen) atoms. The van der Waals surface area contributed by atoms with E-state index in [9.17, 15) is 0 Å². The van der Waals surface area contributed by atoms with Crippen LogP contribution in [0.5, 0.6) is 0 Å². The first-order valence-electron chi connectivity index (χ1n) is 3.43. The Morgan fingerprint density at radius 3 is 0.750 bits per heavy atom. The van der Waals surface area contributed by atoms with Gasteiger partial charge < -0.3 is 20.4 Å². The van der Waals surface area contributed by atoms with Gasteiger partial charge in [0.05, 0.1) is 0 Å². The molecule has 0 heterocycles. The SMILES string of the molecule is CC[O-].CC[O-].CC[O-].CO.[Hf]. The van der Waals surface area contributed by atoms with Gasteiger partial charge in [0.25, 0.3) is 0 Å². The Balaban J connectivity index is -0.0000000179. The number of aliphatic hydroxyl groups excluding tert-OH is 1.